The summed E-state index contributed by atoms with van der Waals surface area (Å²) >= 11 is 0. The van der Waals surface area contributed by atoms with Gasteiger partial charge in [0.15, 0.2) is 5.78 Å². The summed E-state index contributed by atoms with van der Waals surface area (Å²) < 4.78 is 2.13. The predicted molar refractivity (Wildman–Crippen MR) is 91.0 cm³/mol. The largest absolute Gasteiger partial charge is 0.318 e. The number of carbonyl (C=O) groups excluding carboxylic acids is 1. The molecule has 1 heterocycles. The Balaban J connectivity index is 2.11. The van der Waals surface area contributed by atoms with Crippen LogP contribution in [0.3, 0.4) is 0 Å². The number of nitrogens with one attached hydrogen (secondary N) is 1. The van der Waals surface area contributed by atoms with Crippen LogP contribution >= 0.6 is 0 Å². The summed E-state index contributed by atoms with van der Waals surface area (Å²) in [5.41, 5.74) is 3.99. The lowest BCUT2D eigenvalue weighted by molar-refractivity contribution is 0.0990. The van der Waals surface area contributed by atoms with E-state index in [1.807, 2.05) is 52.2 Å². The first kappa shape index (κ1) is 16.5. The van der Waals surface area contributed by atoms with Gasteiger partial charge in [-0.15, -0.1) is 0 Å². The number of aromatic nitrogens is 1. The molecule has 1 N–H and O–H groups in total. The topological polar surface area (TPSA) is 37.3 Å². The van der Waals surface area contributed by atoms with Crippen molar-refractivity contribution in [2.24, 2.45) is 0 Å². The van der Waals surface area contributed by atoms with Crippen molar-refractivity contribution >= 4 is 5.78 Å². The molecule has 0 saturated heterocycles. The number of hydrogen-bond donors (Lipinski definition) is 1. The van der Waals surface area contributed by atoms with Crippen molar-refractivity contribution in [1.82, 2.24) is 14.8 Å². The Labute approximate surface area is 132 Å². The number of rotatable bonds is 7. The van der Waals surface area contributed by atoms with E-state index in [4.69, 9.17) is 0 Å². The van der Waals surface area contributed by atoms with E-state index >= 15 is 0 Å². The van der Waals surface area contributed by atoms with Gasteiger partial charge in [0.25, 0.3) is 0 Å². The van der Waals surface area contributed by atoms with Crippen LogP contribution in [0.1, 0.15) is 21.7 Å². The van der Waals surface area contributed by atoms with Crippen LogP contribution < -0.4 is 5.32 Å². The van der Waals surface area contributed by atoms with E-state index in [1.165, 1.54) is 0 Å². The third-order valence-corrected chi connectivity index (χ3v) is 3.77. The molecular formula is C18H25N3O. The zero-order chi connectivity index (χ0) is 16.1. The molecule has 2 aromatic rings. The smallest absolute Gasteiger partial charge is 0.178 e. The molecule has 0 spiro atoms. The van der Waals surface area contributed by atoms with Crippen LogP contribution in [-0.4, -0.2) is 49.0 Å². The van der Waals surface area contributed by atoms with Crippen molar-refractivity contribution in [1.29, 1.82) is 0 Å². The zero-order valence-corrected chi connectivity index (χ0v) is 13.9. The molecule has 1 aromatic heterocycles. The molecule has 0 unspecified atom stereocenters. The van der Waals surface area contributed by atoms with E-state index in [9.17, 15) is 4.79 Å². The van der Waals surface area contributed by atoms with Gasteiger partial charge in [-0.3, -0.25) is 4.79 Å². The minimum Gasteiger partial charge on any atom is -0.318 e. The molecule has 4 heteroatoms. The predicted octanol–water partition coefficient (Wildman–Crippen LogP) is 2.43. The van der Waals surface area contributed by atoms with Gasteiger partial charge in [0.05, 0.1) is 6.54 Å². The number of nitrogens with zero attached hydrogens (tertiary/aromatic N) is 2. The number of likely N-dealkylation sites (N-methyl/N-ethyl adjacent to an activating group) is 1. The Morgan fingerprint density at radius 3 is 2.50 bits per heavy atom. The quantitative estimate of drug-likeness (QED) is 0.630. The van der Waals surface area contributed by atoms with Gasteiger partial charge in [0.1, 0.15) is 0 Å². The first-order valence-corrected chi connectivity index (χ1v) is 7.63. The van der Waals surface area contributed by atoms with E-state index < -0.39 is 0 Å². The monoisotopic (exact) mass is 299 g/mol. The summed E-state index contributed by atoms with van der Waals surface area (Å²) in [5.74, 6) is 0.147. The molecule has 0 fully saturated rings. The van der Waals surface area contributed by atoms with Crippen LogP contribution in [0.15, 0.2) is 36.4 Å². The lowest BCUT2D eigenvalue weighted by atomic mass is 10.1. The van der Waals surface area contributed by atoms with Crippen molar-refractivity contribution in [3.8, 4) is 5.69 Å². The minimum absolute atomic E-state index is 0.147. The summed E-state index contributed by atoms with van der Waals surface area (Å²) in [5, 5.41) is 3.21. The highest BCUT2D eigenvalue weighted by Gasteiger charge is 2.16. The van der Waals surface area contributed by atoms with Gasteiger partial charge < -0.3 is 14.8 Å². The van der Waals surface area contributed by atoms with Crippen LogP contribution in [0.4, 0.5) is 0 Å². The third kappa shape index (κ3) is 3.84. The molecule has 0 bridgehead atoms. The second-order valence-electron chi connectivity index (χ2n) is 5.86. The highest BCUT2D eigenvalue weighted by molar-refractivity contribution is 5.99. The fraction of sp³-hybridized carbons (Fsp3) is 0.389. The maximum atomic E-state index is 12.4. The Bertz CT molecular complexity index is 629. The third-order valence-electron chi connectivity index (χ3n) is 3.77. The summed E-state index contributed by atoms with van der Waals surface area (Å²) in [7, 11) is 4.05. The number of hydrogen-bond acceptors (Lipinski definition) is 3. The van der Waals surface area contributed by atoms with E-state index in [0.717, 1.165) is 35.7 Å². The molecular weight excluding hydrogens is 274 g/mol. The fourth-order valence-electron chi connectivity index (χ4n) is 2.62. The summed E-state index contributed by atoms with van der Waals surface area (Å²) in [6, 6.07) is 12.1. The number of carbonyl (C=O) groups is 1. The molecule has 0 amide bonds. The Kier molecular flexibility index (Phi) is 5.52. The SMILES string of the molecule is Cc1cc(C(=O)CNCCN(C)C)c(C)n1-c1ccccc1. The van der Waals surface area contributed by atoms with Crippen LogP contribution in [0.2, 0.25) is 0 Å². The lowest BCUT2D eigenvalue weighted by Crippen LogP contribution is -2.30. The van der Waals surface area contributed by atoms with Gasteiger partial charge in [-0.25, -0.2) is 0 Å². The fourth-order valence-corrected chi connectivity index (χ4v) is 2.62. The number of benzene rings is 1. The molecule has 4 nitrogen and oxygen atoms in total. The molecule has 118 valence electrons. The highest BCUT2D eigenvalue weighted by Crippen LogP contribution is 2.20. The second-order valence-corrected chi connectivity index (χ2v) is 5.86. The molecule has 0 radical (unpaired) electrons. The lowest BCUT2D eigenvalue weighted by Gasteiger charge is -2.11. The van der Waals surface area contributed by atoms with Gasteiger partial charge in [0, 0.05) is 35.7 Å². The van der Waals surface area contributed by atoms with Gasteiger partial charge in [-0.05, 0) is 46.1 Å². The number of ketones is 1. The van der Waals surface area contributed by atoms with E-state index in [-0.39, 0.29) is 5.78 Å². The molecule has 0 aliphatic rings. The molecule has 1 aromatic carbocycles. The molecule has 0 saturated carbocycles. The summed E-state index contributed by atoms with van der Waals surface area (Å²) in [4.78, 5) is 14.5. The van der Waals surface area contributed by atoms with Crippen molar-refractivity contribution in [2.45, 2.75) is 13.8 Å². The number of para-hydroxylation sites is 1. The molecule has 2 rings (SSSR count). The molecule has 22 heavy (non-hydrogen) atoms. The first-order valence-electron chi connectivity index (χ1n) is 7.63. The minimum atomic E-state index is 0.147. The Hall–Kier alpha value is -1.91. The van der Waals surface area contributed by atoms with Gasteiger partial charge in [0.2, 0.25) is 0 Å². The molecule has 0 aliphatic carbocycles. The van der Waals surface area contributed by atoms with Crippen LogP contribution in [0, 0.1) is 13.8 Å². The standard InChI is InChI=1S/C18H25N3O/c1-14-12-17(18(22)13-19-10-11-20(3)4)15(2)21(14)16-8-6-5-7-9-16/h5-9,12,19H,10-11,13H2,1-4H3. The molecule has 0 atom stereocenters. The average molecular weight is 299 g/mol. The van der Waals surface area contributed by atoms with Crippen molar-refractivity contribution in [3.05, 3.63) is 53.3 Å². The highest BCUT2D eigenvalue weighted by atomic mass is 16.1. The Morgan fingerprint density at radius 2 is 1.86 bits per heavy atom. The van der Waals surface area contributed by atoms with Crippen molar-refractivity contribution < 1.29 is 4.79 Å². The summed E-state index contributed by atoms with van der Waals surface area (Å²) in [6.07, 6.45) is 0. The summed E-state index contributed by atoms with van der Waals surface area (Å²) in [6.45, 7) is 6.17. The van der Waals surface area contributed by atoms with Gasteiger partial charge in [-0.1, -0.05) is 18.2 Å². The van der Waals surface area contributed by atoms with E-state index in [2.05, 4.69) is 26.9 Å². The second kappa shape index (κ2) is 7.38. The molecule has 0 aliphatic heterocycles. The van der Waals surface area contributed by atoms with Crippen molar-refractivity contribution in [3.63, 3.8) is 0 Å². The normalized spacial score (nSPS) is 11.1. The zero-order valence-electron chi connectivity index (χ0n) is 13.9. The van der Waals surface area contributed by atoms with Crippen LogP contribution in [-0.2, 0) is 0 Å². The van der Waals surface area contributed by atoms with E-state index in [0.29, 0.717) is 6.54 Å². The first-order chi connectivity index (χ1) is 10.5. The van der Waals surface area contributed by atoms with E-state index in [1.54, 1.807) is 0 Å². The average Bonchev–Trinajstić information content (AvgIpc) is 2.79. The maximum Gasteiger partial charge on any atom is 0.178 e. The number of aryl methyl sites for hydroxylation is 1. The van der Waals surface area contributed by atoms with Gasteiger partial charge >= 0.3 is 0 Å². The van der Waals surface area contributed by atoms with Crippen LogP contribution in [0.25, 0.3) is 5.69 Å². The van der Waals surface area contributed by atoms with Gasteiger partial charge in [-0.2, -0.15) is 0 Å². The maximum absolute atomic E-state index is 12.4. The van der Waals surface area contributed by atoms with Crippen molar-refractivity contribution in [2.75, 3.05) is 33.7 Å². The van der Waals surface area contributed by atoms with Crippen LogP contribution in [0.5, 0.6) is 0 Å². The Morgan fingerprint density at radius 1 is 1.18 bits per heavy atom. The number of Topliss-reactive ketones (excluding diaryl/α,β-unsaturated/α-hetero) is 1.